The predicted octanol–water partition coefficient (Wildman–Crippen LogP) is -0.127. The summed E-state index contributed by atoms with van der Waals surface area (Å²) in [4.78, 5) is 21.8. The summed E-state index contributed by atoms with van der Waals surface area (Å²) in [6, 6.07) is -1.86. The van der Waals surface area contributed by atoms with E-state index >= 15 is 0 Å². The average molecular weight is 250 g/mol. The van der Waals surface area contributed by atoms with E-state index in [2.05, 4.69) is 10.6 Å². The van der Waals surface area contributed by atoms with E-state index in [1.54, 1.807) is 11.8 Å². The Morgan fingerprint density at radius 3 is 2.44 bits per heavy atom. The summed E-state index contributed by atoms with van der Waals surface area (Å²) in [5, 5.41) is 22.0. The van der Waals surface area contributed by atoms with E-state index in [-0.39, 0.29) is 6.04 Å². The van der Waals surface area contributed by atoms with Crippen LogP contribution in [-0.2, 0) is 4.79 Å². The van der Waals surface area contributed by atoms with Crippen LogP contribution in [0.2, 0.25) is 0 Å². The molecule has 6 nitrogen and oxygen atoms in total. The van der Waals surface area contributed by atoms with Gasteiger partial charge in [-0.05, 0) is 25.4 Å². The zero-order valence-electron chi connectivity index (χ0n) is 9.40. The van der Waals surface area contributed by atoms with Gasteiger partial charge in [-0.15, -0.1) is 0 Å². The Kier molecular flexibility index (Phi) is 7.74. The van der Waals surface area contributed by atoms with Crippen molar-refractivity contribution in [2.75, 3.05) is 18.6 Å². The Hall–Kier alpha value is -0.950. The van der Waals surface area contributed by atoms with Crippen LogP contribution in [-0.4, -0.2) is 52.9 Å². The maximum Gasteiger partial charge on any atom is 0.328 e. The molecule has 0 aromatic carbocycles. The zero-order chi connectivity index (χ0) is 12.6. The molecule has 7 heteroatoms. The van der Waals surface area contributed by atoms with Crippen molar-refractivity contribution in [2.45, 2.75) is 25.4 Å². The summed E-state index contributed by atoms with van der Waals surface area (Å²) < 4.78 is 0. The van der Waals surface area contributed by atoms with E-state index in [0.29, 0.717) is 0 Å². The molecule has 0 aliphatic heterocycles. The van der Waals surface area contributed by atoms with Crippen LogP contribution >= 0.6 is 11.8 Å². The summed E-state index contributed by atoms with van der Waals surface area (Å²) >= 11 is 1.67. The fourth-order valence-electron chi connectivity index (χ4n) is 0.976. The molecule has 0 saturated heterocycles. The molecule has 0 aliphatic rings. The van der Waals surface area contributed by atoms with Crippen LogP contribution in [0.15, 0.2) is 0 Å². The maximum atomic E-state index is 11.3. The molecule has 0 bridgehead atoms. The molecule has 0 aromatic heterocycles. The zero-order valence-corrected chi connectivity index (χ0v) is 10.2. The van der Waals surface area contributed by atoms with Gasteiger partial charge in [-0.3, -0.25) is 0 Å². The number of hydrogen-bond donors (Lipinski definition) is 4. The van der Waals surface area contributed by atoms with E-state index in [1.165, 1.54) is 0 Å². The SMILES string of the molecule is CSCCC(C)NC(=O)N[C@H](CO)C(=O)O. The highest BCUT2D eigenvalue weighted by Gasteiger charge is 2.19. The molecular formula is C9H18N2O4S. The second-order valence-electron chi connectivity index (χ2n) is 3.37. The van der Waals surface area contributed by atoms with Gasteiger partial charge < -0.3 is 20.8 Å². The summed E-state index contributed by atoms with van der Waals surface area (Å²) in [5.74, 6) is -0.335. The second kappa shape index (κ2) is 8.23. The number of aliphatic carboxylic acids is 1. The maximum absolute atomic E-state index is 11.3. The predicted molar refractivity (Wildman–Crippen MR) is 62.6 cm³/mol. The lowest BCUT2D eigenvalue weighted by atomic mass is 10.2. The summed E-state index contributed by atoms with van der Waals surface area (Å²) in [6.07, 6.45) is 2.78. The van der Waals surface area contributed by atoms with Crippen LogP contribution in [0, 0.1) is 0 Å². The highest BCUT2D eigenvalue weighted by Crippen LogP contribution is 1.99. The monoisotopic (exact) mass is 250 g/mol. The highest BCUT2D eigenvalue weighted by molar-refractivity contribution is 7.98. The van der Waals surface area contributed by atoms with Gasteiger partial charge in [0.05, 0.1) is 6.61 Å². The number of carboxylic acid groups (broad SMARTS) is 1. The van der Waals surface area contributed by atoms with Gasteiger partial charge in [0.15, 0.2) is 6.04 Å². The standard InChI is InChI=1S/C9H18N2O4S/c1-6(3-4-16-2)10-9(15)11-7(5-12)8(13)14/h6-7,12H,3-5H2,1-2H3,(H,13,14)(H2,10,11,15)/t6?,7-/m1/s1. The smallest absolute Gasteiger partial charge is 0.328 e. The third-order valence-electron chi connectivity index (χ3n) is 1.92. The van der Waals surface area contributed by atoms with Gasteiger partial charge in [0.25, 0.3) is 0 Å². The van der Waals surface area contributed by atoms with Crippen LogP contribution in [0.4, 0.5) is 4.79 Å². The number of nitrogens with one attached hydrogen (secondary N) is 2. The first-order valence-electron chi connectivity index (χ1n) is 4.90. The van der Waals surface area contributed by atoms with Crippen molar-refractivity contribution in [1.82, 2.24) is 10.6 Å². The fraction of sp³-hybridized carbons (Fsp3) is 0.778. The van der Waals surface area contributed by atoms with Gasteiger partial charge >= 0.3 is 12.0 Å². The summed E-state index contributed by atoms with van der Waals surface area (Å²) in [5.41, 5.74) is 0. The van der Waals surface area contributed by atoms with Crippen molar-refractivity contribution >= 4 is 23.8 Å². The van der Waals surface area contributed by atoms with Crippen LogP contribution < -0.4 is 10.6 Å². The lowest BCUT2D eigenvalue weighted by Crippen LogP contribution is -2.50. The Labute approximate surface area is 98.8 Å². The Morgan fingerprint density at radius 1 is 1.38 bits per heavy atom. The number of carbonyl (C=O) groups excluding carboxylic acids is 1. The Morgan fingerprint density at radius 2 is 2.00 bits per heavy atom. The normalized spacial score (nSPS) is 13.9. The van der Waals surface area contributed by atoms with Gasteiger partial charge in [-0.25, -0.2) is 9.59 Å². The number of rotatable bonds is 7. The Balaban J connectivity index is 3.92. The van der Waals surface area contributed by atoms with Gasteiger partial charge in [0.1, 0.15) is 0 Å². The number of carbonyl (C=O) groups is 2. The lowest BCUT2D eigenvalue weighted by Gasteiger charge is -2.16. The van der Waals surface area contributed by atoms with E-state index < -0.39 is 24.6 Å². The van der Waals surface area contributed by atoms with Gasteiger partial charge in [-0.1, -0.05) is 0 Å². The third kappa shape index (κ3) is 6.52. The molecule has 0 radical (unpaired) electrons. The largest absolute Gasteiger partial charge is 0.480 e. The summed E-state index contributed by atoms with van der Waals surface area (Å²) in [7, 11) is 0. The molecule has 0 fully saturated rings. The number of aliphatic hydroxyl groups excluding tert-OH is 1. The molecule has 1 unspecified atom stereocenters. The summed E-state index contributed by atoms with van der Waals surface area (Å²) in [6.45, 7) is 1.21. The molecule has 2 amide bonds. The van der Waals surface area contributed by atoms with Gasteiger partial charge in [-0.2, -0.15) is 11.8 Å². The van der Waals surface area contributed by atoms with Crippen LogP contribution in [0.1, 0.15) is 13.3 Å². The Bertz CT molecular complexity index is 238. The minimum Gasteiger partial charge on any atom is -0.480 e. The van der Waals surface area contributed by atoms with Crippen LogP contribution in [0.3, 0.4) is 0 Å². The molecule has 0 saturated carbocycles. The first-order valence-corrected chi connectivity index (χ1v) is 6.30. The molecule has 0 rings (SSSR count). The topological polar surface area (TPSA) is 98.7 Å². The van der Waals surface area contributed by atoms with Gasteiger partial charge in [0, 0.05) is 6.04 Å². The van der Waals surface area contributed by atoms with Crippen molar-refractivity contribution in [3.63, 3.8) is 0 Å². The first-order chi connectivity index (χ1) is 7.51. The molecule has 0 heterocycles. The molecule has 94 valence electrons. The molecule has 0 aromatic rings. The van der Waals surface area contributed by atoms with Crippen molar-refractivity contribution in [1.29, 1.82) is 0 Å². The van der Waals surface area contributed by atoms with Crippen molar-refractivity contribution in [2.24, 2.45) is 0 Å². The van der Waals surface area contributed by atoms with Crippen molar-refractivity contribution in [3.8, 4) is 0 Å². The lowest BCUT2D eigenvalue weighted by molar-refractivity contribution is -0.140. The first kappa shape index (κ1) is 15.0. The minimum atomic E-state index is -1.26. The molecule has 4 N–H and O–H groups in total. The quantitative estimate of drug-likeness (QED) is 0.504. The van der Waals surface area contributed by atoms with Crippen molar-refractivity contribution in [3.05, 3.63) is 0 Å². The van der Waals surface area contributed by atoms with E-state index in [4.69, 9.17) is 10.2 Å². The van der Waals surface area contributed by atoms with E-state index in [0.717, 1.165) is 12.2 Å². The second-order valence-corrected chi connectivity index (χ2v) is 4.36. The van der Waals surface area contributed by atoms with E-state index in [1.807, 2.05) is 13.2 Å². The highest BCUT2D eigenvalue weighted by atomic mass is 32.2. The molecule has 0 aliphatic carbocycles. The van der Waals surface area contributed by atoms with Gasteiger partial charge in [0.2, 0.25) is 0 Å². The molecule has 0 spiro atoms. The molecule has 2 atom stereocenters. The van der Waals surface area contributed by atoms with Crippen LogP contribution in [0.5, 0.6) is 0 Å². The molecule has 16 heavy (non-hydrogen) atoms. The number of amides is 2. The van der Waals surface area contributed by atoms with Crippen molar-refractivity contribution < 1.29 is 19.8 Å². The van der Waals surface area contributed by atoms with E-state index in [9.17, 15) is 9.59 Å². The average Bonchev–Trinajstić information content (AvgIpc) is 2.22. The third-order valence-corrected chi connectivity index (χ3v) is 2.56. The number of hydrogen-bond acceptors (Lipinski definition) is 4. The number of urea groups is 1. The molecular weight excluding hydrogens is 232 g/mol. The fourth-order valence-corrected chi connectivity index (χ4v) is 1.57. The number of carboxylic acids is 1. The number of thioether (sulfide) groups is 1. The minimum absolute atomic E-state index is 0.0272. The van der Waals surface area contributed by atoms with Crippen LogP contribution in [0.25, 0.3) is 0 Å². The number of aliphatic hydroxyl groups is 1.